The minimum absolute atomic E-state index is 0.195. The molecule has 2 fully saturated rings. The van der Waals surface area contributed by atoms with Crippen LogP contribution in [0, 0.1) is 0 Å². The first kappa shape index (κ1) is 23.9. The van der Waals surface area contributed by atoms with Crippen LogP contribution in [0.25, 0.3) is 43.6 Å². The van der Waals surface area contributed by atoms with Crippen molar-refractivity contribution in [2.45, 2.75) is 50.3 Å². The van der Waals surface area contributed by atoms with Crippen LogP contribution in [-0.4, -0.2) is 79.3 Å². The Bertz CT molecular complexity index is 1980. The Morgan fingerprint density at radius 2 is 1.46 bits per heavy atom. The number of ether oxygens (including phenoxy) is 1. The average Bonchev–Trinajstić information content (AvgIpc) is 3.72. The van der Waals surface area contributed by atoms with E-state index >= 15 is 0 Å². The monoisotopic (exact) mass is 550 g/mol. The van der Waals surface area contributed by atoms with Crippen molar-refractivity contribution in [3.05, 3.63) is 59.7 Å². The van der Waals surface area contributed by atoms with Crippen molar-refractivity contribution >= 4 is 55.4 Å². The molecule has 0 aliphatic carbocycles. The molecule has 3 aromatic carbocycles. The summed E-state index contributed by atoms with van der Waals surface area (Å²) in [6.07, 6.45) is -0.335. The minimum Gasteiger partial charge on any atom is -0.390 e. The molecule has 4 atom stereocenters. The van der Waals surface area contributed by atoms with Crippen LogP contribution in [0.4, 0.5) is 0 Å². The normalized spacial score (nSPS) is 27.8. The summed E-state index contributed by atoms with van der Waals surface area (Å²) in [7, 11) is 0. The highest BCUT2D eigenvalue weighted by Gasteiger charge is 2.53. The highest BCUT2D eigenvalue weighted by molar-refractivity contribution is 6.39. The van der Waals surface area contributed by atoms with E-state index in [1.165, 1.54) is 4.90 Å². The van der Waals surface area contributed by atoms with Gasteiger partial charge in [0.1, 0.15) is 12.3 Å². The zero-order chi connectivity index (χ0) is 27.8. The van der Waals surface area contributed by atoms with Crippen molar-refractivity contribution in [2.75, 3.05) is 26.2 Å². The van der Waals surface area contributed by atoms with Gasteiger partial charge < -0.3 is 29.0 Å². The fourth-order valence-corrected chi connectivity index (χ4v) is 8.15. The van der Waals surface area contributed by atoms with Gasteiger partial charge in [-0.2, -0.15) is 0 Å². The van der Waals surface area contributed by atoms with Crippen LogP contribution in [-0.2, 0) is 10.5 Å². The SMILES string of the molecule is CC12OC(CC(O)C1O)n1c3ccccc3c3c4c(c5c6ccccc6n2c5c31)C(=O)N(CCN1CCCC1)C4=O. The molecule has 4 unspecified atom stereocenters. The van der Waals surface area contributed by atoms with E-state index < -0.39 is 24.2 Å². The van der Waals surface area contributed by atoms with E-state index in [2.05, 4.69) is 9.47 Å². The number of hydrogen-bond acceptors (Lipinski definition) is 6. The first-order valence-corrected chi connectivity index (χ1v) is 14.5. The summed E-state index contributed by atoms with van der Waals surface area (Å²) in [4.78, 5) is 32.4. The summed E-state index contributed by atoms with van der Waals surface area (Å²) in [5, 5.41) is 25.7. The van der Waals surface area contributed by atoms with Crippen LogP contribution < -0.4 is 0 Å². The first-order chi connectivity index (χ1) is 19.9. The maximum Gasteiger partial charge on any atom is 0.262 e. The number of imide groups is 1. The van der Waals surface area contributed by atoms with E-state index in [1.807, 2.05) is 60.0 Å². The number of likely N-dealkylation sites (tertiary alicyclic amines) is 1. The molecule has 9 heteroatoms. The number of aliphatic hydroxyl groups is 2. The van der Waals surface area contributed by atoms with E-state index in [0.717, 1.165) is 64.2 Å². The van der Waals surface area contributed by atoms with E-state index in [9.17, 15) is 19.8 Å². The van der Waals surface area contributed by atoms with Crippen molar-refractivity contribution in [3.8, 4) is 0 Å². The third-order valence-corrected chi connectivity index (χ3v) is 9.98. The summed E-state index contributed by atoms with van der Waals surface area (Å²) in [6, 6.07) is 15.6. The lowest BCUT2D eigenvalue weighted by Crippen LogP contribution is -2.55. The second kappa shape index (κ2) is 7.95. The molecule has 9 nitrogen and oxygen atoms in total. The Hall–Kier alpha value is -3.76. The molecule has 2 bridgehead atoms. The maximum absolute atomic E-state index is 14.3. The summed E-state index contributed by atoms with van der Waals surface area (Å²) < 4.78 is 10.8. The molecule has 41 heavy (non-hydrogen) atoms. The van der Waals surface area contributed by atoms with Crippen LogP contribution in [0.15, 0.2) is 48.5 Å². The van der Waals surface area contributed by atoms with Crippen molar-refractivity contribution in [1.82, 2.24) is 18.9 Å². The Morgan fingerprint density at radius 1 is 0.854 bits per heavy atom. The fourth-order valence-electron chi connectivity index (χ4n) is 8.15. The molecule has 208 valence electrons. The lowest BCUT2D eigenvalue weighted by atomic mass is 9.95. The number of amides is 2. The maximum atomic E-state index is 14.3. The van der Waals surface area contributed by atoms with Gasteiger partial charge in [0.15, 0.2) is 5.72 Å². The Kier molecular flexibility index (Phi) is 4.63. The fraction of sp³-hybridized carbons (Fsp3) is 0.375. The molecule has 0 radical (unpaired) electrons. The molecule has 0 saturated carbocycles. The lowest BCUT2D eigenvalue weighted by molar-refractivity contribution is -0.272. The van der Waals surface area contributed by atoms with Gasteiger partial charge in [-0.1, -0.05) is 36.4 Å². The molecule has 2 N–H and O–H groups in total. The second-order valence-electron chi connectivity index (χ2n) is 12.1. The van der Waals surface area contributed by atoms with Gasteiger partial charge in [-0.05, 0) is 45.0 Å². The predicted molar refractivity (Wildman–Crippen MR) is 154 cm³/mol. The van der Waals surface area contributed by atoms with Gasteiger partial charge in [0, 0.05) is 41.1 Å². The Morgan fingerprint density at radius 3 is 2.17 bits per heavy atom. The quantitative estimate of drug-likeness (QED) is 0.331. The molecule has 2 amide bonds. The third-order valence-electron chi connectivity index (χ3n) is 9.98. The Labute approximate surface area is 235 Å². The van der Waals surface area contributed by atoms with Gasteiger partial charge in [0.25, 0.3) is 11.8 Å². The number of aliphatic hydroxyl groups excluding tert-OH is 2. The number of aromatic nitrogens is 2. The summed E-state index contributed by atoms with van der Waals surface area (Å²) >= 11 is 0. The zero-order valence-corrected chi connectivity index (χ0v) is 22.7. The Balaban J connectivity index is 1.45. The van der Waals surface area contributed by atoms with E-state index in [4.69, 9.17) is 4.74 Å². The lowest BCUT2D eigenvalue weighted by Gasteiger charge is -2.45. The van der Waals surface area contributed by atoms with Gasteiger partial charge in [0.05, 0.1) is 39.3 Å². The largest absolute Gasteiger partial charge is 0.390 e. The topological polar surface area (TPSA) is 100 Å². The number of rotatable bonds is 3. The minimum atomic E-state index is -1.31. The van der Waals surface area contributed by atoms with Gasteiger partial charge >= 0.3 is 0 Å². The number of benzene rings is 3. The van der Waals surface area contributed by atoms with Crippen molar-refractivity contribution in [2.24, 2.45) is 0 Å². The molecule has 4 aliphatic rings. The number of para-hydroxylation sites is 2. The number of hydrogen-bond donors (Lipinski definition) is 2. The number of carbonyl (C=O) groups excluding carboxylic acids is 2. The zero-order valence-electron chi connectivity index (χ0n) is 22.7. The second-order valence-corrected chi connectivity index (χ2v) is 12.1. The molecule has 2 aromatic heterocycles. The highest BCUT2D eigenvalue weighted by Crippen LogP contribution is 2.53. The molecule has 2 saturated heterocycles. The molecule has 0 spiro atoms. The van der Waals surface area contributed by atoms with Gasteiger partial charge in [-0.15, -0.1) is 0 Å². The van der Waals surface area contributed by atoms with Crippen molar-refractivity contribution in [3.63, 3.8) is 0 Å². The van der Waals surface area contributed by atoms with E-state index in [0.29, 0.717) is 29.6 Å². The highest BCUT2D eigenvalue weighted by atomic mass is 16.6. The smallest absolute Gasteiger partial charge is 0.262 e. The molecule has 5 aromatic rings. The van der Waals surface area contributed by atoms with Gasteiger partial charge in [0.2, 0.25) is 0 Å². The van der Waals surface area contributed by atoms with Crippen LogP contribution >= 0.6 is 0 Å². The number of nitrogens with zero attached hydrogens (tertiary/aromatic N) is 4. The van der Waals surface area contributed by atoms with E-state index in [1.54, 1.807) is 0 Å². The molecular weight excluding hydrogens is 520 g/mol. The summed E-state index contributed by atoms with van der Waals surface area (Å²) in [5.74, 6) is -0.532. The van der Waals surface area contributed by atoms with Crippen molar-refractivity contribution < 1.29 is 24.5 Å². The molecule has 6 heterocycles. The molecular formula is C32H30N4O5. The predicted octanol–water partition coefficient (Wildman–Crippen LogP) is 3.92. The first-order valence-electron chi connectivity index (χ1n) is 14.5. The van der Waals surface area contributed by atoms with Crippen LogP contribution in [0.2, 0.25) is 0 Å². The number of fused-ring (bicyclic) bond motifs is 13. The van der Waals surface area contributed by atoms with Crippen LogP contribution in [0.3, 0.4) is 0 Å². The summed E-state index contributed by atoms with van der Waals surface area (Å²) in [6.45, 7) is 4.81. The standard InChI is InChI=1S/C32H30N4O5/c1-32-29(38)21(37)16-22(41-32)35-19-10-4-2-8-17(19)23-25-26(31(40)34(30(25)39)15-14-33-12-6-7-13-33)24-18-9-3-5-11-20(18)36(32)28(24)27(23)35/h2-5,8-11,21-22,29,37-38H,6-7,12-16H2,1H3. The van der Waals surface area contributed by atoms with E-state index in [-0.39, 0.29) is 18.2 Å². The van der Waals surface area contributed by atoms with Crippen LogP contribution in [0.1, 0.15) is 53.1 Å². The molecule has 4 aliphatic heterocycles. The van der Waals surface area contributed by atoms with Crippen LogP contribution in [0.5, 0.6) is 0 Å². The van der Waals surface area contributed by atoms with Crippen molar-refractivity contribution in [1.29, 1.82) is 0 Å². The van der Waals surface area contributed by atoms with Gasteiger partial charge in [-0.25, -0.2) is 0 Å². The summed E-state index contributed by atoms with van der Waals surface area (Å²) in [5.41, 5.74) is 2.74. The average molecular weight is 551 g/mol. The molecule has 9 rings (SSSR count). The van der Waals surface area contributed by atoms with Gasteiger partial charge in [-0.3, -0.25) is 14.5 Å². The third kappa shape index (κ3) is 2.80. The number of carbonyl (C=O) groups is 2.